The van der Waals surface area contributed by atoms with Crippen molar-refractivity contribution in [1.82, 2.24) is 10.6 Å². The van der Waals surface area contributed by atoms with E-state index in [9.17, 15) is 8.42 Å². The smallest absolute Gasteiger partial charge is 0.191 e. The summed E-state index contributed by atoms with van der Waals surface area (Å²) in [5, 5.41) is 6.45. The molecule has 0 bridgehead atoms. The van der Waals surface area contributed by atoms with Gasteiger partial charge in [-0.15, -0.1) is 24.0 Å². The molecule has 0 aliphatic heterocycles. The number of guanidine groups is 1. The summed E-state index contributed by atoms with van der Waals surface area (Å²) < 4.78 is 28.4. The van der Waals surface area contributed by atoms with Gasteiger partial charge >= 0.3 is 0 Å². The molecule has 0 aromatic heterocycles. The fourth-order valence-electron chi connectivity index (χ4n) is 2.18. The van der Waals surface area contributed by atoms with E-state index in [1.54, 1.807) is 0 Å². The average Bonchev–Trinajstić information content (AvgIpc) is 2.58. The Morgan fingerprint density at radius 3 is 2.44 bits per heavy atom. The molecule has 0 spiro atoms. The highest BCUT2D eigenvalue weighted by molar-refractivity contribution is 14.0. The van der Waals surface area contributed by atoms with Crippen LogP contribution in [0.25, 0.3) is 0 Å². The van der Waals surface area contributed by atoms with E-state index in [1.165, 1.54) is 6.26 Å². The summed E-state index contributed by atoms with van der Waals surface area (Å²) in [5.41, 5.74) is 0.982. The summed E-state index contributed by atoms with van der Waals surface area (Å²) >= 11 is 0. The van der Waals surface area contributed by atoms with Crippen molar-refractivity contribution in [3.63, 3.8) is 0 Å². The molecule has 1 aromatic rings. The number of halogens is 1. The number of benzene rings is 1. The van der Waals surface area contributed by atoms with Crippen molar-refractivity contribution in [2.45, 2.75) is 33.8 Å². The number of nitrogens with one attached hydrogen (secondary N) is 2. The van der Waals surface area contributed by atoms with Gasteiger partial charge in [0.15, 0.2) is 5.96 Å². The molecule has 2 N–H and O–H groups in total. The third-order valence-corrected chi connectivity index (χ3v) is 4.76. The quantitative estimate of drug-likeness (QED) is 0.207. The SMILES string of the molecule is CCNC(=NCC(C)(C)CCS(C)(=O)=O)NCCOCc1ccccc1.I. The van der Waals surface area contributed by atoms with Gasteiger partial charge in [-0.25, -0.2) is 8.42 Å². The summed E-state index contributed by atoms with van der Waals surface area (Å²) in [7, 11) is -2.95. The largest absolute Gasteiger partial charge is 0.375 e. The second-order valence-corrected chi connectivity index (χ2v) is 9.46. The van der Waals surface area contributed by atoms with Crippen molar-refractivity contribution in [1.29, 1.82) is 0 Å². The van der Waals surface area contributed by atoms with Crippen molar-refractivity contribution < 1.29 is 13.2 Å². The Kier molecular flexibility index (Phi) is 12.9. The number of rotatable bonds is 11. The fourth-order valence-corrected chi connectivity index (χ4v) is 3.10. The van der Waals surface area contributed by atoms with E-state index in [1.807, 2.05) is 51.1 Å². The van der Waals surface area contributed by atoms with Gasteiger partial charge in [0.1, 0.15) is 9.84 Å². The molecule has 0 fully saturated rings. The summed E-state index contributed by atoms with van der Waals surface area (Å²) in [6.07, 6.45) is 1.86. The van der Waals surface area contributed by atoms with Gasteiger partial charge in [0.05, 0.1) is 19.0 Å². The van der Waals surface area contributed by atoms with Crippen LogP contribution in [0.2, 0.25) is 0 Å². The molecule has 0 atom stereocenters. The second-order valence-electron chi connectivity index (χ2n) is 7.20. The van der Waals surface area contributed by atoms with E-state index in [2.05, 4.69) is 15.6 Å². The first-order valence-electron chi connectivity index (χ1n) is 9.03. The van der Waals surface area contributed by atoms with E-state index in [-0.39, 0.29) is 35.1 Å². The molecule has 0 saturated heterocycles. The molecule has 156 valence electrons. The molecule has 0 amide bonds. The zero-order valence-corrected chi connectivity index (χ0v) is 20.0. The minimum absolute atomic E-state index is 0. The molecule has 27 heavy (non-hydrogen) atoms. The van der Waals surface area contributed by atoms with Crippen molar-refractivity contribution in [3.05, 3.63) is 35.9 Å². The van der Waals surface area contributed by atoms with Gasteiger partial charge in [0, 0.05) is 25.9 Å². The molecule has 0 radical (unpaired) electrons. The van der Waals surface area contributed by atoms with Crippen LogP contribution in [0.3, 0.4) is 0 Å². The highest BCUT2D eigenvalue weighted by Gasteiger charge is 2.20. The maximum Gasteiger partial charge on any atom is 0.191 e. The van der Waals surface area contributed by atoms with Gasteiger partial charge in [-0.05, 0) is 24.3 Å². The first-order chi connectivity index (χ1) is 12.2. The number of hydrogen-bond acceptors (Lipinski definition) is 4. The molecule has 0 aliphatic rings. The van der Waals surface area contributed by atoms with Crippen LogP contribution in [0, 0.1) is 5.41 Å². The van der Waals surface area contributed by atoms with E-state index in [0.29, 0.717) is 32.7 Å². The minimum atomic E-state index is -2.95. The molecule has 0 aliphatic carbocycles. The first kappa shape index (κ1) is 26.1. The molecular weight excluding hydrogens is 477 g/mol. The van der Waals surface area contributed by atoms with Gasteiger partial charge in [0.25, 0.3) is 0 Å². The van der Waals surface area contributed by atoms with E-state index >= 15 is 0 Å². The number of hydrogen-bond donors (Lipinski definition) is 2. The molecule has 0 heterocycles. The third-order valence-electron chi connectivity index (χ3n) is 3.81. The highest BCUT2D eigenvalue weighted by atomic mass is 127. The number of aliphatic imine (C=N–C) groups is 1. The fraction of sp³-hybridized carbons (Fsp3) is 0.632. The summed E-state index contributed by atoms with van der Waals surface area (Å²) in [6, 6.07) is 10.1. The predicted octanol–water partition coefficient (Wildman–Crippen LogP) is 2.84. The Hall–Kier alpha value is -0.870. The lowest BCUT2D eigenvalue weighted by molar-refractivity contribution is 0.125. The zero-order valence-electron chi connectivity index (χ0n) is 16.8. The van der Waals surface area contributed by atoms with Crippen molar-refractivity contribution in [3.8, 4) is 0 Å². The molecule has 1 aromatic carbocycles. The van der Waals surface area contributed by atoms with Crippen LogP contribution >= 0.6 is 24.0 Å². The monoisotopic (exact) mass is 511 g/mol. The van der Waals surface area contributed by atoms with Crippen LogP contribution in [-0.4, -0.2) is 52.6 Å². The standard InChI is InChI=1S/C19H33N3O3S.HI/c1-5-20-18(22-16-19(2,3)11-14-26(4,23)24)21-12-13-25-15-17-9-7-6-8-10-17;/h6-10H,5,11-16H2,1-4H3,(H2,20,21,22);1H. The average molecular weight is 511 g/mol. The van der Waals surface area contributed by atoms with Gasteiger partial charge in [-0.2, -0.15) is 0 Å². The Morgan fingerprint density at radius 1 is 1.19 bits per heavy atom. The van der Waals surface area contributed by atoms with Crippen molar-refractivity contribution in [2.75, 3.05) is 38.2 Å². The van der Waals surface area contributed by atoms with E-state index < -0.39 is 9.84 Å². The van der Waals surface area contributed by atoms with Crippen LogP contribution in [0.4, 0.5) is 0 Å². The maximum absolute atomic E-state index is 11.3. The Bertz CT molecular complexity index is 649. The van der Waals surface area contributed by atoms with Crippen LogP contribution in [0.15, 0.2) is 35.3 Å². The molecular formula is C19H34IN3O3S. The first-order valence-corrected chi connectivity index (χ1v) is 11.1. The maximum atomic E-state index is 11.3. The number of sulfone groups is 1. The summed E-state index contributed by atoms with van der Waals surface area (Å²) in [4.78, 5) is 4.59. The van der Waals surface area contributed by atoms with Crippen molar-refractivity contribution in [2.24, 2.45) is 10.4 Å². The third kappa shape index (κ3) is 13.9. The zero-order chi connectivity index (χ0) is 19.5. The minimum Gasteiger partial charge on any atom is -0.375 e. The number of nitrogens with zero attached hydrogens (tertiary/aromatic N) is 1. The lowest BCUT2D eigenvalue weighted by atomic mass is 9.90. The Labute approximate surface area is 181 Å². The van der Waals surface area contributed by atoms with Crippen LogP contribution in [0.1, 0.15) is 32.8 Å². The lowest BCUT2D eigenvalue weighted by Crippen LogP contribution is -2.39. The van der Waals surface area contributed by atoms with E-state index in [0.717, 1.165) is 18.1 Å². The summed E-state index contributed by atoms with van der Waals surface area (Å²) in [5.74, 6) is 0.913. The van der Waals surface area contributed by atoms with Gasteiger partial charge in [-0.1, -0.05) is 44.2 Å². The number of ether oxygens (including phenoxy) is 1. The van der Waals surface area contributed by atoms with Crippen LogP contribution in [0.5, 0.6) is 0 Å². The van der Waals surface area contributed by atoms with Gasteiger partial charge in [0.2, 0.25) is 0 Å². The molecule has 0 unspecified atom stereocenters. The predicted molar refractivity (Wildman–Crippen MR) is 124 cm³/mol. The lowest BCUT2D eigenvalue weighted by Gasteiger charge is -2.22. The molecule has 0 saturated carbocycles. The normalized spacial score (nSPS) is 12.4. The molecule has 1 rings (SSSR count). The molecule has 8 heteroatoms. The van der Waals surface area contributed by atoms with Gasteiger partial charge < -0.3 is 15.4 Å². The van der Waals surface area contributed by atoms with Gasteiger partial charge in [-0.3, -0.25) is 4.99 Å². The molecule has 6 nitrogen and oxygen atoms in total. The Balaban J connectivity index is 0.00000676. The van der Waals surface area contributed by atoms with Crippen LogP contribution < -0.4 is 10.6 Å². The Morgan fingerprint density at radius 2 is 1.85 bits per heavy atom. The highest BCUT2D eigenvalue weighted by Crippen LogP contribution is 2.21. The van der Waals surface area contributed by atoms with Crippen molar-refractivity contribution >= 4 is 39.8 Å². The topological polar surface area (TPSA) is 79.8 Å². The summed E-state index contributed by atoms with van der Waals surface area (Å²) in [6.45, 7) is 9.23. The second kappa shape index (κ2) is 13.3. The van der Waals surface area contributed by atoms with E-state index in [4.69, 9.17) is 4.74 Å². The van der Waals surface area contributed by atoms with Crippen LogP contribution in [-0.2, 0) is 21.2 Å².